The standard InChI is InChI=1S/C13H28N2O2/c1-5-11(2)15(7-9-16-4)12(3)13-10-14-6-8-17-13/h11-14H,5-10H2,1-4H3. The summed E-state index contributed by atoms with van der Waals surface area (Å²) in [5.74, 6) is 0. The molecule has 3 unspecified atom stereocenters. The minimum atomic E-state index is 0.301. The second-order valence-electron chi connectivity index (χ2n) is 4.84. The Kier molecular flexibility index (Phi) is 7.04. The summed E-state index contributed by atoms with van der Waals surface area (Å²) in [5.41, 5.74) is 0. The van der Waals surface area contributed by atoms with Crippen molar-refractivity contribution in [3.8, 4) is 0 Å². The number of rotatable bonds is 7. The van der Waals surface area contributed by atoms with Gasteiger partial charge in [0.2, 0.25) is 0 Å². The highest BCUT2D eigenvalue weighted by Gasteiger charge is 2.28. The highest BCUT2D eigenvalue weighted by atomic mass is 16.5. The van der Waals surface area contributed by atoms with E-state index < -0.39 is 0 Å². The summed E-state index contributed by atoms with van der Waals surface area (Å²) >= 11 is 0. The third-order valence-electron chi connectivity index (χ3n) is 3.73. The van der Waals surface area contributed by atoms with Gasteiger partial charge in [0.15, 0.2) is 0 Å². The lowest BCUT2D eigenvalue weighted by Gasteiger charge is -2.39. The average molecular weight is 244 g/mol. The molecule has 1 rings (SSSR count). The van der Waals surface area contributed by atoms with E-state index in [2.05, 4.69) is 31.0 Å². The van der Waals surface area contributed by atoms with Crippen molar-refractivity contribution in [2.45, 2.75) is 45.4 Å². The van der Waals surface area contributed by atoms with Crippen LogP contribution in [-0.4, -0.2) is 63.0 Å². The van der Waals surface area contributed by atoms with Crippen LogP contribution in [0.1, 0.15) is 27.2 Å². The summed E-state index contributed by atoms with van der Waals surface area (Å²) in [4.78, 5) is 2.50. The van der Waals surface area contributed by atoms with Gasteiger partial charge in [-0.15, -0.1) is 0 Å². The minimum absolute atomic E-state index is 0.301. The minimum Gasteiger partial charge on any atom is -0.383 e. The van der Waals surface area contributed by atoms with Crippen LogP contribution in [0.25, 0.3) is 0 Å². The Morgan fingerprint density at radius 3 is 2.76 bits per heavy atom. The summed E-state index contributed by atoms with van der Waals surface area (Å²) < 4.78 is 11.1. The van der Waals surface area contributed by atoms with Gasteiger partial charge in [0.25, 0.3) is 0 Å². The number of morpholine rings is 1. The van der Waals surface area contributed by atoms with Crippen molar-refractivity contribution in [2.75, 3.05) is 40.0 Å². The molecule has 4 heteroatoms. The Hall–Kier alpha value is -0.160. The van der Waals surface area contributed by atoms with Crippen molar-refractivity contribution in [2.24, 2.45) is 0 Å². The quantitative estimate of drug-likeness (QED) is 0.727. The van der Waals surface area contributed by atoms with E-state index in [9.17, 15) is 0 Å². The lowest BCUT2D eigenvalue weighted by atomic mass is 10.1. The first-order valence-corrected chi connectivity index (χ1v) is 6.77. The van der Waals surface area contributed by atoms with Gasteiger partial charge < -0.3 is 14.8 Å². The zero-order valence-corrected chi connectivity index (χ0v) is 11.7. The van der Waals surface area contributed by atoms with Gasteiger partial charge >= 0.3 is 0 Å². The maximum absolute atomic E-state index is 5.85. The fraction of sp³-hybridized carbons (Fsp3) is 1.00. The highest BCUT2D eigenvalue weighted by Crippen LogP contribution is 2.15. The van der Waals surface area contributed by atoms with Crippen LogP contribution in [0.4, 0.5) is 0 Å². The van der Waals surface area contributed by atoms with E-state index in [1.807, 2.05) is 0 Å². The summed E-state index contributed by atoms with van der Waals surface area (Å²) in [5, 5.41) is 3.40. The number of hydrogen-bond acceptors (Lipinski definition) is 4. The summed E-state index contributed by atoms with van der Waals surface area (Å²) in [6, 6.07) is 1.01. The molecule has 1 saturated heterocycles. The maximum atomic E-state index is 5.85. The van der Waals surface area contributed by atoms with Gasteiger partial charge in [-0.2, -0.15) is 0 Å². The topological polar surface area (TPSA) is 33.7 Å². The molecule has 1 fully saturated rings. The molecule has 0 amide bonds. The maximum Gasteiger partial charge on any atom is 0.0852 e. The average Bonchev–Trinajstić information content (AvgIpc) is 2.39. The van der Waals surface area contributed by atoms with Gasteiger partial charge in [0, 0.05) is 38.8 Å². The van der Waals surface area contributed by atoms with Crippen molar-refractivity contribution in [1.29, 1.82) is 0 Å². The molecule has 0 aromatic carbocycles. The fourth-order valence-corrected chi connectivity index (χ4v) is 2.37. The Morgan fingerprint density at radius 1 is 1.47 bits per heavy atom. The van der Waals surface area contributed by atoms with Gasteiger partial charge in [0.05, 0.1) is 19.3 Å². The lowest BCUT2D eigenvalue weighted by Crippen LogP contribution is -2.54. The van der Waals surface area contributed by atoms with Gasteiger partial charge in [-0.25, -0.2) is 0 Å². The van der Waals surface area contributed by atoms with E-state index in [1.54, 1.807) is 7.11 Å². The predicted molar refractivity (Wildman–Crippen MR) is 70.4 cm³/mol. The molecule has 0 bridgehead atoms. The fourth-order valence-electron chi connectivity index (χ4n) is 2.37. The zero-order chi connectivity index (χ0) is 12.7. The Balaban J connectivity index is 2.53. The molecule has 102 valence electrons. The van der Waals surface area contributed by atoms with Gasteiger partial charge in [-0.05, 0) is 20.3 Å². The molecule has 3 atom stereocenters. The van der Waals surface area contributed by atoms with Crippen molar-refractivity contribution in [3.63, 3.8) is 0 Å². The van der Waals surface area contributed by atoms with Crippen LogP contribution < -0.4 is 5.32 Å². The van der Waals surface area contributed by atoms with E-state index in [1.165, 1.54) is 0 Å². The monoisotopic (exact) mass is 244 g/mol. The molecule has 0 aromatic heterocycles. The summed E-state index contributed by atoms with van der Waals surface area (Å²) in [6.45, 7) is 11.3. The molecular weight excluding hydrogens is 216 g/mol. The largest absolute Gasteiger partial charge is 0.383 e. The van der Waals surface area contributed by atoms with E-state index >= 15 is 0 Å². The molecule has 1 N–H and O–H groups in total. The van der Waals surface area contributed by atoms with Crippen molar-refractivity contribution >= 4 is 0 Å². The van der Waals surface area contributed by atoms with Crippen LogP contribution in [0.15, 0.2) is 0 Å². The molecule has 1 heterocycles. The third-order valence-corrected chi connectivity index (χ3v) is 3.73. The molecule has 0 aromatic rings. The first-order chi connectivity index (χ1) is 8.20. The highest BCUT2D eigenvalue weighted by molar-refractivity contribution is 4.83. The Morgan fingerprint density at radius 2 is 2.24 bits per heavy atom. The number of methoxy groups -OCH3 is 1. The number of ether oxygens (including phenoxy) is 2. The molecule has 0 spiro atoms. The number of nitrogens with zero attached hydrogens (tertiary/aromatic N) is 1. The molecule has 4 nitrogen and oxygen atoms in total. The van der Waals surface area contributed by atoms with Crippen LogP contribution in [0.3, 0.4) is 0 Å². The second kappa shape index (κ2) is 8.03. The van der Waals surface area contributed by atoms with Crippen molar-refractivity contribution in [1.82, 2.24) is 10.2 Å². The van der Waals surface area contributed by atoms with Gasteiger partial charge in [-0.1, -0.05) is 6.92 Å². The normalized spacial score (nSPS) is 24.9. The predicted octanol–water partition coefficient (Wildman–Crippen LogP) is 1.11. The molecule has 1 aliphatic heterocycles. The molecular formula is C13H28N2O2. The van der Waals surface area contributed by atoms with Crippen LogP contribution in [-0.2, 0) is 9.47 Å². The van der Waals surface area contributed by atoms with Crippen LogP contribution >= 0.6 is 0 Å². The van der Waals surface area contributed by atoms with E-state index in [0.29, 0.717) is 18.2 Å². The Bertz CT molecular complexity index is 196. The first kappa shape index (κ1) is 14.9. The summed E-state index contributed by atoms with van der Waals surface area (Å²) in [7, 11) is 1.76. The van der Waals surface area contributed by atoms with E-state index in [0.717, 1.165) is 39.3 Å². The smallest absolute Gasteiger partial charge is 0.0852 e. The first-order valence-electron chi connectivity index (χ1n) is 6.77. The molecule has 0 saturated carbocycles. The van der Waals surface area contributed by atoms with E-state index in [-0.39, 0.29) is 0 Å². The van der Waals surface area contributed by atoms with Crippen LogP contribution in [0.5, 0.6) is 0 Å². The van der Waals surface area contributed by atoms with Crippen LogP contribution in [0.2, 0.25) is 0 Å². The SMILES string of the molecule is CCC(C)N(CCOC)C(C)C1CNCCO1. The molecule has 0 aliphatic carbocycles. The second-order valence-corrected chi connectivity index (χ2v) is 4.84. The Labute approximate surface area is 106 Å². The molecule has 17 heavy (non-hydrogen) atoms. The lowest BCUT2D eigenvalue weighted by molar-refractivity contribution is -0.0410. The number of nitrogens with one attached hydrogen (secondary N) is 1. The van der Waals surface area contributed by atoms with Crippen LogP contribution in [0, 0.1) is 0 Å². The zero-order valence-electron chi connectivity index (χ0n) is 11.7. The van der Waals surface area contributed by atoms with Gasteiger partial charge in [0.1, 0.15) is 0 Å². The van der Waals surface area contributed by atoms with Crippen molar-refractivity contribution < 1.29 is 9.47 Å². The molecule has 0 radical (unpaired) electrons. The van der Waals surface area contributed by atoms with Gasteiger partial charge in [-0.3, -0.25) is 4.90 Å². The van der Waals surface area contributed by atoms with Crippen molar-refractivity contribution in [3.05, 3.63) is 0 Å². The number of hydrogen-bond donors (Lipinski definition) is 1. The molecule has 1 aliphatic rings. The third kappa shape index (κ3) is 4.54. The summed E-state index contributed by atoms with van der Waals surface area (Å²) in [6.07, 6.45) is 1.46. The van der Waals surface area contributed by atoms with E-state index in [4.69, 9.17) is 9.47 Å².